The molecule has 0 aliphatic rings. The van der Waals surface area contributed by atoms with Gasteiger partial charge in [-0.3, -0.25) is 18.6 Å². The molecule has 0 aliphatic carbocycles. The molecular weight excluding hydrogens is 601 g/mol. The Balaban J connectivity index is 4.41. The summed E-state index contributed by atoms with van der Waals surface area (Å²) in [6.45, 7) is 2.05. The predicted octanol–water partition coefficient (Wildman–Crippen LogP) is 6.50. The molecule has 1 N–H and O–H groups in total. The van der Waals surface area contributed by atoms with E-state index in [2.05, 4.69) is 11.5 Å². The molecule has 12 heteroatoms. The minimum Gasteiger partial charge on any atom is -0.463 e. The number of carbonyl (C=O) groups excluding carboxylic acids is 3. The van der Waals surface area contributed by atoms with Crippen molar-refractivity contribution in [1.82, 2.24) is 0 Å². The summed E-state index contributed by atoms with van der Waals surface area (Å²) >= 11 is 0. The van der Waals surface area contributed by atoms with Gasteiger partial charge in [0.15, 0.2) is 6.10 Å². The van der Waals surface area contributed by atoms with Gasteiger partial charge in [0.2, 0.25) is 0 Å². The molecule has 2 unspecified atom stereocenters. The van der Waals surface area contributed by atoms with Crippen molar-refractivity contribution in [2.75, 3.05) is 47.5 Å². The third kappa shape index (κ3) is 32.2. The first kappa shape index (κ1) is 43.5. The average molecular weight is 667 g/mol. The second-order valence-corrected chi connectivity index (χ2v) is 14.4. The first-order valence-corrected chi connectivity index (χ1v) is 18.9. The van der Waals surface area contributed by atoms with E-state index in [0.29, 0.717) is 23.9 Å². The van der Waals surface area contributed by atoms with Crippen molar-refractivity contribution in [2.24, 2.45) is 0 Å². The Labute approximate surface area is 273 Å². The van der Waals surface area contributed by atoms with E-state index in [-0.39, 0.29) is 26.1 Å². The van der Waals surface area contributed by atoms with Gasteiger partial charge >= 0.3 is 26.0 Å². The Morgan fingerprint density at radius 2 is 1.24 bits per heavy atom. The normalized spacial score (nSPS) is 14.0. The topological polar surface area (TPSA) is 143 Å². The summed E-state index contributed by atoms with van der Waals surface area (Å²) in [5.74, 6) is -0.895. The molecule has 0 aliphatic heterocycles. The minimum atomic E-state index is -4.38. The number of rotatable bonds is 32. The van der Waals surface area contributed by atoms with Crippen molar-refractivity contribution in [1.29, 1.82) is 0 Å². The van der Waals surface area contributed by atoms with E-state index in [1.54, 1.807) is 0 Å². The van der Waals surface area contributed by atoms with Crippen LogP contribution < -0.4 is 5.26 Å². The smallest absolute Gasteiger partial charge is 0.463 e. The molecule has 266 valence electrons. The maximum atomic E-state index is 12.4. The molecule has 0 radical (unpaired) electrons. The first-order chi connectivity index (χ1) is 21.5. The second-order valence-electron chi connectivity index (χ2n) is 13.0. The van der Waals surface area contributed by atoms with Gasteiger partial charge in [0.25, 0.3) is 0 Å². The molecule has 0 bridgehead atoms. The number of likely N-dealkylation sites (N-methyl/N-ethyl adjacent to an activating group) is 1. The van der Waals surface area contributed by atoms with Gasteiger partial charge in [0, 0.05) is 12.8 Å². The average Bonchev–Trinajstić information content (AvgIpc) is 2.97. The largest absolute Gasteiger partial charge is 0.472 e. The van der Waals surface area contributed by atoms with E-state index < -0.39 is 32.5 Å². The maximum absolute atomic E-state index is 12.4. The molecule has 2 atom stereocenters. The van der Waals surface area contributed by atoms with Gasteiger partial charge < -0.3 is 24.1 Å². The van der Waals surface area contributed by atoms with E-state index in [4.69, 9.17) is 18.5 Å². The molecule has 0 aromatic heterocycles. The van der Waals surface area contributed by atoms with E-state index >= 15 is 0 Å². The number of hydrogen-bond donors (Lipinski definition) is 1. The molecule has 0 aromatic carbocycles. The van der Waals surface area contributed by atoms with E-state index in [1.165, 1.54) is 70.5 Å². The molecule has 45 heavy (non-hydrogen) atoms. The van der Waals surface area contributed by atoms with E-state index in [0.717, 1.165) is 44.9 Å². The summed E-state index contributed by atoms with van der Waals surface area (Å²) in [7, 11) is 1.40. The third-order valence-electron chi connectivity index (χ3n) is 7.42. The Kier molecular flexibility index (Phi) is 27.7. The van der Waals surface area contributed by atoms with Crippen LogP contribution in [0.25, 0.3) is 0 Å². The number of ether oxygens (including phenoxy) is 2. The molecule has 0 amide bonds. The number of nitrogens with zero attached hydrogens (tertiary/aromatic N) is 1. The first-order valence-electron chi connectivity index (χ1n) is 17.4. The highest BCUT2D eigenvalue weighted by Gasteiger charge is 2.27. The second kappa shape index (κ2) is 28.7. The molecule has 0 rings (SSSR count). The zero-order chi connectivity index (χ0) is 33.7. The van der Waals surface area contributed by atoms with Crippen molar-refractivity contribution in [3.63, 3.8) is 0 Å². The minimum absolute atomic E-state index is 0.0117. The summed E-state index contributed by atoms with van der Waals surface area (Å²) in [6.07, 6.45) is 21.1. The number of phosphoric ester groups is 1. The van der Waals surface area contributed by atoms with Crippen molar-refractivity contribution in [2.45, 2.75) is 148 Å². The van der Waals surface area contributed by atoms with Gasteiger partial charge in [-0.05, 0) is 19.3 Å². The van der Waals surface area contributed by atoms with Gasteiger partial charge in [-0.2, -0.15) is 4.58 Å². The fourth-order valence-corrected chi connectivity index (χ4v) is 5.37. The zero-order valence-electron chi connectivity index (χ0n) is 28.8. The molecule has 0 saturated heterocycles. The lowest BCUT2D eigenvalue weighted by atomic mass is 10.0. The molecule has 11 nitrogen and oxygen atoms in total. The predicted molar refractivity (Wildman–Crippen MR) is 174 cm³/mol. The van der Waals surface area contributed by atoms with Gasteiger partial charge in [-0.25, -0.2) is 4.57 Å². The van der Waals surface area contributed by atoms with Crippen LogP contribution in [0.15, 0.2) is 0 Å². The van der Waals surface area contributed by atoms with Crippen LogP contribution in [0.5, 0.6) is 0 Å². The Morgan fingerprint density at radius 3 is 1.76 bits per heavy atom. The Bertz CT molecular complexity index is 803. The van der Waals surface area contributed by atoms with Crippen molar-refractivity contribution in [3.05, 3.63) is 0 Å². The highest BCUT2D eigenvalue weighted by Crippen LogP contribution is 2.43. The van der Waals surface area contributed by atoms with Gasteiger partial charge in [0.1, 0.15) is 19.8 Å². The summed E-state index contributed by atoms with van der Waals surface area (Å²) < 4.78 is 37.5. The molecule has 0 fully saturated rings. The number of esters is 2. The van der Waals surface area contributed by atoms with Gasteiger partial charge in [0.05, 0.1) is 34.2 Å². The van der Waals surface area contributed by atoms with Crippen LogP contribution in [-0.4, -0.2) is 81.2 Å². The van der Waals surface area contributed by atoms with Crippen molar-refractivity contribution >= 4 is 26.0 Å². The molecular formula is C33H65NO10P+. The number of aldehydes is 1. The molecule has 0 aromatic rings. The highest BCUT2D eigenvalue weighted by molar-refractivity contribution is 7.47. The Hall–Kier alpha value is -1.52. The fraction of sp³-hybridized carbons (Fsp3) is 0.909. The fourth-order valence-electron chi connectivity index (χ4n) is 4.63. The van der Waals surface area contributed by atoms with Crippen LogP contribution in [0.3, 0.4) is 0 Å². The van der Waals surface area contributed by atoms with Crippen molar-refractivity contribution < 1.29 is 51.9 Å². The zero-order valence-corrected chi connectivity index (χ0v) is 29.7. The van der Waals surface area contributed by atoms with Crippen molar-refractivity contribution in [3.8, 4) is 0 Å². The van der Waals surface area contributed by atoms with Crippen LogP contribution in [0.4, 0.5) is 0 Å². The van der Waals surface area contributed by atoms with E-state index in [9.17, 15) is 24.3 Å². The monoisotopic (exact) mass is 666 g/mol. The number of carbonyl (C=O) groups is 2. The molecule has 0 saturated carbocycles. The van der Waals surface area contributed by atoms with Crippen LogP contribution in [-0.2, 0) is 37.3 Å². The number of phosphoric acid groups is 1. The van der Waals surface area contributed by atoms with Crippen LogP contribution in [0, 0.1) is 0 Å². The summed E-state index contributed by atoms with van der Waals surface area (Å²) in [6, 6.07) is 0. The lowest BCUT2D eigenvalue weighted by Gasteiger charge is -2.24. The molecule has 0 spiro atoms. The lowest BCUT2D eigenvalue weighted by molar-refractivity contribution is -1.04. The number of quaternary nitrogens is 1. The maximum Gasteiger partial charge on any atom is 0.472 e. The van der Waals surface area contributed by atoms with Crippen LogP contribution in [0.1, 0.15) is 142 Å². The highest BCUT2D eigenvalue weighted by atomic mass is 31.2. The quantitative estimate of drug-likeness (QED) is 0.0124. The third-order valence-corrected chi connectivity index (χ3v) is 8.41. The summed E-state index contributed by atoms with van der Waals surface area (Å²) in [4.78, 5) is 34.9. The standard InChI is InChI=1S/C33H64NO10P/c1-5-6-7-8-9-10-11-12-13-14-15-18-21-24-32(35)40-29-31(30-43-45(38,39)42-28-26-34(2,3)4)44-33(36)25-22-19-16-17-20-23-27-41-37/h27,31H,5-26,28-30H2,1-4H3/p+1. The summed E-state index contributed by atoms with van der Waals surface area (Å²) in [5.41, 5.74) is 0. The van der Waals surface area contributed by atoms with E-state index in [1.807, 2.05) is 21.1 Å². The summed E-state index contributed by atoms with van der Waals surface area (Å²) in [5, 5.41) is 9.96. The van der Waals surface area contributed by atoms with Crippen LogP contribution in [0.2, 0.25) is 0 Å². The number of hydrogen-bond acceptors (Lipinski definition) is 8. The Morgan fingerprint density at radius 1 is 0.756 bits per heavy atom. The van der Waals surface area contributed by atoms with Gasteiger partial charge in [-0.1, -0.05) is 103 Å². The van der Waals surface area contributed by atoms with Crippen LogP contribution >= 0.6 is 7.82 Å². The SMILES string of the molecule is CCCCCCCCCCCCCCCC(=O)OCC(COP(=O)(O)OCC[N+](C)(C)C)OC(=O)CCCCCCCC=[O+][O-]. The number of unbranched alkanes of at least 4 members (excludes halogenated alkanes) is 17. The lowest BCUT2D eigenvalue weighted by Crippen LogP contribution is -2.37. The van der Waals surface area contributed by atoms with Gasteiger partial charge in [-0.15, -0.1) is 0 Å². The molecule has 0 heterocycles.